The predicted octanol–water partition coefficient (Wildman–Crippen LogP) is 3.42. The number of aldehydes is 1. The van der Waals surface area contributed by atoms with E-state index < -0.39 is 23.3 Å². The molecule has 164 valence electrons. The van der Waals surface area contributed by atoms with Crippen LogP contribution in [0, 0.1) is 0 Å². The minimum Gasteiger partial charge on any atom is -0.444 e. The summed E-state index contributed by atoms with van der Waals surface area (Å²) in [5, 5.41) is 12.1. The largest absolute Gasteiger partial charge is 0.444 e. The number of amides is 1. The standard InChI is InChI=1S/C14H25NO5.C8H10O/c1-6-14(5,19)11(17)8-7-10(9-16)15-12(18)20-13(2,3)4;1-9-7-8-5-3-2-4-6-8/h9-10,19H,6-8H2,1-5H3,(H,15,18);2-6H,7H2,1H3. The fourth-order valence-electron chi connectivity index (χ4n) is 2.13. The van der Waals surface area contributed by atoms with E-state index in [-0.39, 0.29) is 18.6 Å². The molecule has 29 heavy (non-hydrogen) atoms. The van der Waals surface area contributed by atoms with Gasteiger partial charge in [0.05, 0.1) is 12.6 Å². The lowest BCUT2D eigenvalue weighted by molar-refractivity contribution is -0.136. The molecule has 0 saturated heterocycles. The number of aliphatic hydroxyl groups is 1. The van der Waals surface area contributed by atoms with E-state index in [1.807, 2.05) is 30.3 Å². The first-order chi connectivity index (χ1) is 13.4. The number of hydrogen-bond acceptors (Lipinski definition) is 6. The van der Waals surface area contributed by atoms with E-state index in [1.165, 1.54) is 12.5 Å². The molecule has 0 aliphatic carbocycles. The maximum Gasteiger partial charge on any atom is 0.408 e. The zero-order valence-corrected chi connectivity index (χ0v) is 18.4. The highest BCUT2D eigenvalue weighted by Crippen LogP contribution is 2.14. The molecule has 1 rings (SSSR count). The number of Topliss-reactive ketones (excluding diaryl/α,β-unsaturated/α-hetero) is 1. The van der Waals surface area contributed by atoms with E-state index in [9.17, 15) is 19.5 Å². The van der Waals surface area contributed by atoms with Gasteiger partial charge < -0.3 is 24.7 Å². The average Bonchev–Trinajstić information content (AvgIpc) is 2.65. The normalized spacial score (nSPS) is 13.9. The first kappa shape index (κ1) is 26.8. The number of methoxy groups -OCH3 is 1. The van der Waals surface area contributed by atoms with Gasteiger partial charge in [0, 0.05) is 13.5 Å². The third kappa shape index (κ3) is 12.8. The van der Waals surface area contributed by atoms with Gasteiger partial charge in [-0.2, -0.15) is 0 Å². The second-order valence-corrected chi connectivity index (χ2v) is 7.90. The van der Waals surface area contributed by atoms with E-state index >= 15 is 0 Å². The van der Waals surface area contributed by atoms with Gasteiger partial charge in [-0.3, -0.25) is 4.79 Å². The number of benzene rings is 1. The van der Waals surface area contributed by atoms with Crippen LogP contribution in [0.2, 0.25) is 0 Å². The molecule has 7 heteroatoms. The lowest BCUT2D eigenvalue weighted by Gasteiger charge is -2.22. The van der Waals surface area contributed by atoms with E-state index in [0.717, 1.165) is 0 Å². The van der Waals surface area contributed by atoms with Crippen molar-refractivity contribution in [3.63, 3.8) is 0 Å². The van der Waals surface area contributed by atoms with Gasteiger partial charge in [0.2, 0.25) is 0 Å². The van der Waals surface area contributed by atoms with Crippen LogP contribution in [-0.4, -0.2) is 47.6 Å². The van der Waals surface area contributed by atoms with Crippen LogP contribution in [-0.2, 0) is 25.7 Å². The summed E-state index contributed by atoms with van der Waals surface area (Å²) in [6.07, 6.45) is 0.302. The van der Waals surface area contributed by atoms with Crippen molar-refractivity contribution in [3.05, 3.63) is 35.9 Å². The van der Waals surface area contributed by atoms with Crippen molar-refractivity contribution >= 4 is 18.2 Å². The van der Waals surface area contributed by atoms with Crippen LogP contribution in [0.25, 0.3) is 0 Å². The maximum absolute atomic E-state index is 11.7. The molecule has 0 fully saturated rings. The number of ether oxygens (including phenoxy) is 2. The van der Waals surface area contributed by atoms with Crippen LogP contribution < -0.4 is 5.32 Å². The third-order valence-corrected chi connectivity index (χ3v) is 3.99. The summed E-state index contributed by atoms with van der Waals surface area (Å²) in [5.41, 5.74) is -0.821. The van der Waals surface area contributed by atoms with Crippen molar-refractivity contribution in [3.8, 4) is 0 Å². The maximum atomic E-state index is 11.7. The SMILES string of the molecule is CCC(C)(O)C(=O)CCC(C=O)NC(=O)OC(C)(C)C.COCc1ccccc1. The lowest BCUT2D eigenvalue weighted by Crippen LogP contribution is -2.41. The summed E-state index contributed by atoms with van der Waals surface area (Å²) >= 11 is 0. The van der Waals surface area contributed by atoms with Crippen LogP contribution in [0.1, 0.15) is 59.4 Å². The summed E-state index contributed by atoms with van der Waals surface area (Å²) in [4.78, 5) is 34.1. The molecule has 2 N–H and O–H groups in total. The minimum absolute atomic E-state index is 0.0139. The van der Waals surface area contributed by atoms with Crippen LogP contribution in [0.3, 0.4) is 0 Å². The molecule has 0 bridgehead atoms. The van der Waals surface area contributed by atoms with Crippen molar-refractivity contribution < 1.29 is 29.0 Å². The molecule has 0 aromatic heterocycles. The Hall–Kier alpha value is -2.25. The van der Waals surface area contributed by atoms with E-state index in [0.29, 0.717) is 19.3 Å². The van der Waals surface area contributed by atoms with Gasteiger partial charge in [-0.05, 0) is 46.1 Å². The fraction of sp³-hybridized carbons (Fsp3) is 0.591. The van der Waals surface area contributed by atoms with Gasteiger partial charge in [0.25, 0.3) is 0 Å². The Morgan fingerprint density at radius 2 is 1.76 bits per heavy atom. The minimum atomic E-state index is -1.39. The van der Waals surface area contributed by atoms with E-state index in [4.69, 9.17) is 9.47 Å². The summed E-state index contributed by atoms with van der Waals surface area (Å²) in [6, 6.07) is 9.30. The monoisotopic (exact) mass is 409 g/mol. The van der Waals surface area contributed by atoms with E-state index in [1.54, 1.807) is 34.8 Å². The molecule has 7 nitrogen and oxygen atoms in total. The highest BCUT2D eigenvalue weighted by atomic mass is 16.6. The van der Waals surface area contributed by atoms with Crippen molar-refractivity contribution in [1.29, 1.82) is 0 Å². The zero-order valence-electron chi connectivity index (χ0n) is 18.4. The molecule has 0 heterocycles. The Morgan fingerprint density at radius 3 is 2.21 bits per heavy atom. The number of carbonyl (C=O) groups excluding carboxylic acids is 3. The van der Waals surface area contributed by atoms with Crippen LogP contribution in [0.15, 0.2) is 30.3 Å². The Morgan fingerprint density at radius 1 is 1.17 bits per heavy atom. The van der Waals surface area contributed by atoms with Crippen molar-refractivity contribution in [2.75, 3.05) is 7.11 Å². The van der Waals surface area contributed by atoms with Gasteiger partial charge in [-0.15, -0.1) is 0 Å². The summed E-state index contributed by atoms with van der Waals surface area (Å²) in [5.74, 6) is -0.349. The molecule has 1 aromatic carbocycles. The van der Waals surface area contributed by atoms with Crippen molar-refractivity contribution in [2.24, 2.45) is 0 Å². The Kier molecular flexibility index (Phi) is 12.0. The van der Waals surface area contributed by atoms with Crippen LogP contribution >= 0.6 is 0 Å². The van der Waals surface area contributed by atoms with Gasteiger partial charge in [-0.25, -0.2) is 4.79 Å². The molecular formula is C22H35NO6. The molecule has 1 aromatic rings. The molecule has 0 aliphatic heterocycles. The Labute approximate surface area is 173 Å². The first-order valence-corrected chi connectivity index (χ1v) is 9.68. The summed E-state index contributed by atoms with van der Waals surface area (Å²) < 4.78 is 9.95. The predicted molar refractivity (Wildman–Crippen MR) is 112 cm³/mol. The molecule has 2 unspecified atom stereocenters. The molecule has 2 atom stereocenters. The van der Waals surface area contributed by atoms with Crippen molar-refractivity contribution in [2.45, 2.75) is 77.7 Å². The summed E-state index contributed by atoms with van der Waals surface area (Å²) in [7, 11) is 1.70. The molecular weight excluding hydrogens is 374 g/mol. The van der Waals surface area contributed by atoms with Crippen LogP contribution in [0.5, 0.6) is 0 Å². The number of ketones is 1. The van der Waals surface area contributed by atoms with Gasteiger partial charge in [-0.1, -0.05) is 37.3 Å². The Balaban J connectivity index is 0.000000717. The lowest BCUT2D eigenvalue weighted by atomic mass is 9.93. The van der Waals surface area contributed by atoms with E-state index in [2.05, 4.69) is 5.32 Å². The second-order valence-electron chi connectivity index (χ2n) is 7.90. The first-order valence-electron chi connectivity index (χ1n) is 9.68. The molecule has 0 radical (unpaired) electrons. The topological polar surface area (TPSA) is 102 Å². The number of carbonyl (C=O) groups is 3. The highest BCUT2D eigenvalue weighted by molar-refractivity contribution is 5.87. The second kappa shape index (κ2) is 13.1. The third-order valence-electron chi connectivity index (χ3n) is 3.99. The van der Waals surface area contributed by atoms with Crippen molar-refractivity contribution in [1.82, 2.24) is 5.32 Å². The molecule has 0 saturated carbocycles. The quantitative estimate of drug-likeness (QED) is 0.606. The smallest absolute Gasteiger partial charge is 0.408 e. The van der Waals surface area contributed by atoms with Crippen LogP contribution in [0.4, 0.5) is 4.79 Å². The number of nitrogens with one attached hydrogen (secondary N) is 1. The number of rotatable bonds is 9. The fourth-order valence-corrected chi connectivity index (χ4v) is 2.13. The molecule has 0 spiro atoms. The molecule has 0 aliphatic rings. The number of hydrogen-bond donors (Lipinski definition) is 2. The summed E-state index contributed by atoms with van der Waals surface area (Å²) in [6.45, 7) is 8.99. The average molecular weight is 410 g/mol. The Bertz CT molecular complexity index is 622. The highest BCUT2D eigenvalue weighted by Gasteiger charge is 2.28. The van der Waals surface area contributed by atoms with Gasteiger partial charge >= 0.3 is 6.09 Å². The van der Waals surface area contributed by atoms with Gasteiger partial charge in [0.1, 0.15) is 17.5 Å². The molecule has 1 amide bonds. The zero-order chi connectivity index (χ0) is 22.5. The number of alkyl carbamates (subject to hydrolysis) is 1. The van der Waals surface area contributed by atoms with Gasteiger partial charge in [0.15, 0.2) is 5.78 Å².